The summed E-state index contributed by atoms with van der Waals surface area (Å²) in [6.07, 6.45) is 2.09. The van der Waals surface area contributed by atoms with Gasteiger partial charge in [0.1, 0.15) is 12.2 Å². The number of amides is 4. The number of carbonyl (C=O) groups excluding carboxylic acids is 3. The van der Waals surface area contributed by atoms with Gasteiger partial charge >= 0.3 is 6.03 Å². The molecule has 0 aromatic heterocycles. The van der Waals surface area contributed by atoms with Gasteiger partial charge in [-0.2, -0.15) is 0 Å². The number of nitrogens with zero attached hydrogens (tertiary/aromatic N) is 2. The summed E-state index contributed by atoms with van der Waals surface area (Å²) in [4.78, 5) is 49.7. The summed E-state index contributed by atoms with van der Waals surface area (Å²) in [6, 6.07) is 12.9. The van der Waals surface area contributed by atoms with E-state index in [0.717, 1.165) is 11.3 Å². The Morgan fingerprint density at radius 3 is 2.24 bits per heavy atom. The van der Waals surface area contributed by atoms with Crippen LogP contribution >= 0.6 is 23.2 Å². The Hall–Kier alpha value is -4.61. The van der Waals surface area contributed by atoms with E-state index in [1.54, 1.807) is 30.3 Å². The minimum absolute atomic E-state index is 0.0341. The number of benzene rings is 3. The van der Waals surface area contributed by atoms with Crippen LogP contribution < -0.4 is 19.5 Å². The third kappa shape index (κ3) is 6.99. The summed E-state index contributed by atoms with van der Waals surface area (Å²) >= 11 is 12.8. The molecule has 0 aliphatic carbocycles. The number of barbiturate groups is 1. The molecule has 4 rings (SSSR count). The second kappa shape index (κ2) is 13.4. The first kappa shape index (κ1) is 30.4. The highest BCUT2D eigenvalue weighted by Crippen LogP contribution is 2.36. The highest BCUT2D eigenvalue weighted by Gasteiger charge is 2.36. The first-order valence-electron chi connectivity index (χ1n) is 12.6. The first-order chi connectivity index (χ1) is 20.1. The predicted molar refractivity (Wildman–Crippen MR) is 155 cm³/mol. The van der Waals surface area contributed by atoms with Crippen LogP contribution in [0.25, 0.3) is 6.08 Å². The van der Waals surface area contributed by atoms with Crippen LogP contribution in [0.5, 0.6) is 17.2 Å². The molecule has 11 nitrogen and oxygen atoms in total. The number of non-ortho nitro benzene ring substituents is 1. The Morgan fingerprint density at radius 1 is 0.952 bits per heavy atom. The lowest BCUT2D eigenvalue weighted by molar-refractivity contribution is -0.384. The number of carbonyl (C=O) groups is 3. The highest BCUT2D eigenvalue weighted by molar-refractivity contribution is 6.37. The molecule has 0 bridgehead atoms. The van der Waals surface area contributed by atoms with Crippen molar-refractivity contribution in [3.8, 4) is 17.2 Å². The molecule has 42 heavy (non-hydrogen) atoms. The van der Waals surface area contributed by atoms with Crippen molar-refractivity contribution in [2.45, 2.75) is 26.5 Å². The molecule has 1 aliphatic rings. The minimum atomic E-state index is -0.868. The number of nitrogens with one attached hydrogen (secondary N) is 1. The number of methoxy groups -OCH3 is 1. The molecule has 1 aliphatic heterocycles. The van der Waals surface area contributed by atoms with E-state index in [2.05, 4.69) is 5.32 Å². The summed E-state index contributed by atoms with van der Waals surface area (Å²) in [5.41, 5.74) is 1.20. The van der Waals surface area contributed by atoms with Crippen LogP contribution in [0.3, 0.4) is 0 Å². The lowest BCUT2D eigenvalue weighted by atomic mass is 10.1. The number of urea groups is 1. The van der Waals surface area contributed by atoms with Crippen molar-refractivity contribution in [2.75, 3.05) is 13.7 Å². The normalized spacial score (nSPS) is 14.1. The van der Waals surface area contributed by atoms with Gasteiger partial charge in [-0.25, -0.2) is 4.79 Å². The Balaban J connectivity index is 1.52. The van der Waals surface area contributed by atoms with Gasteiger partial charge in [0, 0.05) is 12.1 Å². The SMILES string of the molecule is CCCOc1ccc(CN2C(=O)NC(=O)/C(=C\c3cc(Cl)c(OCc4ccc([N+](=O)[O-])cc4)c(Cl)c3)C2=O)cc1OC. The lowest BCUT2D eigenvalue weighted by Crippen LogP contribution is -2.53. The van der Waals surface area contributed by atoms with Crippen molar-refractivity contribution in [3.05, 3.63) is 97.0 Å². The van der Waals surface area contributed by atoms with Crippen LogP contribution in [0.15, 0.2) is 60.2 Å². The number of hydrogen-bond donors (Lipinski definition) is 1. The number of ether oxygens (including phenoxy) is 3. The van der Waals surface area contributed by atoms with Gasteiger partial charge in [0.05, 0.1) is 35.2 Å². The first-order valence-corrected chi connectivity index (χ1v) is 13.4. The molecule has 0 unspecified atom stereocenters. The average molecular weight is 614 g/mol. The highest BCUT2D eigenvalue weighted by atomic mass is 35.5. The molecule has 1 N–H and O–H groups in total. The van der Waals surface area contributed by atoms with Crippen molar-refractivity contribution in [2.24, 2.45) is 0 Å². The molecule has 3 aromatic carbocycles. The van der Waals surface area contributed by atoms with Gasteiger partial charge in [0.15, 0.2) is 17.2 Å². The second-order valence-corrected chi connectivity index (χ2v) is 9.88. The molecule has 0 saturated carbocycles. The Kier molecular flexibility index (Phi) is 9.66. The average Bonchev–Trinajstić information content (AvgIpc) is 2.96. The number of nitro groups is 1. The zero-order valence-corrected chi connectivity index (χ0v) is 24.0. The molecular formula is C29H25Cl2N3O8. The zero-order valence-electron chi connectivity index (χ0n) is 22.5. The Bertz CT molecular complexity index is 1550. The molecule has 0 radical (unpaired) electrons. The van der Waals surface area contributed by atoms with Crippen molar-refractivity contribution in [1.82, 2.24) is 10.2 Å². The van der Waals surface area contributed by atoms with Gasteiger partial charge in [-0.1, -0.05) is 36.2 Å². The van der Waals surface area contributed by atoms with Crippen LogP contribution in [-0.4, -0.2) is 41.4 Å². The largest absolute Gasteiger partial charge is 0.493 e. The van der Waals surface area contributed by atoms with E-state index in [9.17, 15) is 24.5 Å². The lowest BCUT2D eigenvalue weighted by Gasteiger charge is -2.26. The van der Waals surface area contributed by atoms with Crippen molar-refractivity contribution in [3.63, 3.8) is 0 Å². The monoisotopic (exact) mass is 613 g/mol. The van der Waals surface area contributed by atoms with Gasteiger partial charge in [0.25, 0.3) is 17.5 Å². The van der Waals surface area contributed by atoms with Crippen molar-refractivity contribution in [1.29, 1.82) is 0 Å². The predicted octanol–water partition coefficient (Wildman–Crippen LogP) is 5.94. The summed E-state index contributed by atoms with van der Waals surface area (Å²) < 4.78 is 16.7. The molecule has 218 valence electrons. The third-order valence-electron chi connectivity index (χ3n) is 6.08. The third-order valence-corrected chi connectivity index (χ3v) is 6.64. The maximum absolute atomic E-state index is 13.3. The van der Waals surface area contributed by atoms with E-state index in [-0.39, 0.29) is 40.2 Å². The Labute approximate surface area is 250 Å². The smallest absolute Gasteiger partial charge is 0.331 e. The van der Waals surface area contributed by atoms with Crippen molar-refractivity contribution < 1.29 is 33.5 Å². The topological polar surface area (TPSA) is 137 Å². The number of rotatable bonds is 11. The quantitative estimate of drug-likeness (QED) is 0.121. The van der Waals surface area contributed by atoms with E-state index in [1.807, 2.05) is 6.92 Å². The zero-order chi connectivity index (χ0) is 30.4. The van der Waals surface area contributed by atoms with Crippen LogP contribution in [-0.2, 0) is 22.7 Å². The van der Waals surface area contributed by atoms with Crippen LogP contribution in [0, 0.1) is 10.1 Å². The van der Waals surface area contributed by atoms with Gasteiger partial charge in [-0.3, -0.25) is 29.9 Å². The van der Waals surface area contributed by atoms with Gasteiger partial charge in [-0.15, -0.1) is 0 Å². The van der Waals surface area contributed by atoms with Gasteiger partial charge < -0.3 is 14.2 Å². The number of halogens is 2. The minimum Gasteiger partial charge on any atom is -0.493 e. The van der Waals surface area contributed by atoms with E-state index >= 15 is 0 Å². The maximum Gasteiger partial charge on any atom is 0.331 e. The van der Waals surface area contributed by atoms with Crippen LogP contribution in [0.1, 0.15) is 30.0 Å². The molecule has 1 fully saturated rings. The standard InChI is InChI=1S/C29H25Cl2N3O8/c1-3-10-41-24-9-6-18(14-25(24)40-2)15-33-28(36)21(27(35)32-29(33)37)11-19-12-22(30)26(23(31)13-19)42-16-17-4-7-20(8-5-17)34(38)39/h4-9,11-14H,3,10,15-16H2,1-2H3,(H,32,35,37)/b21-11+. The molecule has 0 atom stereocenters. The molecule has 3 aromatic rings. The van der Waals surface area contributed by atoms with E-state index in [4.69, 9.17) is 37.4 Å². The molecule has 1 saturated heterocycles. The van der Waals surface area contributed by atoms with Gasteiger partial charge in [-0.05, 0) is 65.6 Å². The van der Waals surface area contributed by atoms with Gasteiger partial charge in [0.2, 0.25) is 0 Å². The summed E-state index contributed by atoms with van der Waals surface area (Å²) in [5, 5.41) is 13.2. The number of nitro benzene ring substituents is 1. The second-order valence-electron chi connectivity index (χ2n) is 9.07. The molecule has 13 heteroatoms. The van der Waals surface area contributed by atoms with E-state index in [0.29, 0.717) is 34.8 Å². The van der Waals surface area contributed by atoms with E-state index in [1.165, 1.54) is 37.5 Å². The summed E-state index contributed by atoms with van der Waals surface area (Å²) in [7, 11) is 1.48. The van der Waals surface area contributed by atoms with Crippen LogP contribution in [0.2, 0.25) is 10.0 Å². The van der Waals surface area contributed by atoms with Crippen molar-refractivity contribution >= 4 is 52.8 Å². The fraction of sp³-hybridized carbons (Fsp3) is 0.207. The fourth-order valence-corrected chi connectivity index (χ4v) is 4.61. The fourth-order valence-electron chi connectivity index (χ4n) is 4.00. The Morgan fingerprint density at radius 2 is 1.62 bits per heavy atom. The molecule has 1 heterocycles. The van der Waals surface area contributed by atoms with E-state index < -0.39 is 22.8 Å². The number of hydrogen-bond acceptors (Lipinski definition) is 8. The number of imide groups is 2. The summed E-state index contributed by atoms with van der Waals surface area (Å²) in [5.74, 6) is -0.553. The molecule has 4 amide bonds. The summed E-state index contributed by atoms with van der Waals surface area (Å²) in [6.45, 7) is 2.38. The molecule has 0 spiro atoms. The van der Waals surface area contributed by atoms with Crippen LogP contribution in [0.4, 0.5) is 10.5 Å². The molecular weight excluding hydrogens is 589 g/mol. The maximum atomic E-state index is 13.3.